The lowest BCUT2D eigenvalue weighted by molar-refractivity contribution is -0.138. The van der Waals surface area contributed by atoms with Crippen LogP contribution in [0.4, 0.5) is 18.9 Å². The summed E-state index contributed by atoms with van der Waals surface area (Å²) < 4.78 is 41.8. The fourth-order valence-electron chi connectivity index (χ4n) is 4.16. The Morgan fingerprint density at radius 2 is 1.71 bits per heavy atom. The third-order valence-corrected chi connectivity index (χ3v) is 6.69. The summed E-state index contributed by atoms with van der Waals surface area (Å²) in [7, 11) is 0. The Hall–Kier alpha value is -4.15. The van der Waals surface area contributed by atoms with Crippen LogP contribution in [0.15, 0.2) is 52.2 Å². The van der Waals surface area contributed by atoms with Gasteiger partial charge < -0.3 is 10.4 Å². The van der Waals surface area contributed by atoms with E-state index in [0.29, 0.717) is 10.3 Å². The summed E-state index contributed by atoms with van der Waals surface area (Å²) in [5.74, 6) is -1.97. The molecule has 2 aromatic carbocycles. The molecule has 0 unspecified atom stereocenters. The highest BCUT2D eigenvalue weighted by molar-refractivity contribution is 5.90. The van der Waals surface area contributed by atoms with Crippen LogP contribution in [0.2, 0.25) is 0 Å². The van der Waals surface area contributed by atoms with Gasteiger partial charge in [0, 0.05) is 18.8 Å². The Balaban J connectivity index is 2.28. The summed E-state index contributed by atoms with van der Waals surface area (Å²) in [4.78, 5) is 50.2. The highest BCUT2D eigenvalue weighted by Crippen LogP contribution is 2.34. The Kier molecular flexibility index (Phi) is 7.71. The lowest BCUT2D eigenvalue weighted by Gasteiger charge is -2.27. The number of benzene rings is 2. The molecule has 0 radical (unpaired) electrons. The minimum atomic E-state index is -4.65. The van der Waals surface area contributed by atoms with Crippen molar-refractivity contribution in [2.45, 2.75) is 59.2 Å². The van der Waals surface area contributed by atoms with E-state index in [1.807, 2.05) is 20.8 Å². The van der Waals surface area contributed by atoms with Crippen molar-refractivity contribution in [3.8, 4) is 5.69 Å². The minimum absolute atomic E-state index is 0.0343. The van der Waals surface area contributed by atoms with E-state index in [-0.39, 0.29) is 28.1 Å². The molecule has 2 N–H and O–H groups in total. The summed E-state index contributed by atoms with van der Waals surface area (Å²) in [5, 5.41) is 12.4. The summed E-state index contributed by atoms with van der Waals surface area (Å²) in [6, 6.07) is 8.12. The number of carboxylic acid groups (broad SMARTS) is 1. The van der Waals surface area contributed by atoms with Gasteiger partial charge in [-0.25, -0.2) is 9.59 Å². The number of carbonyl (C=O) groups excluding carboxylic acids is 1. The normalized spacial score (nSPS) is 11.9. The number of aromatic nitrogens is 2. The van der Waals surface area contributed by atoms with Crippen LogP contribution in [0, 0.1) is 6.92 Å². The van der Waals surface area contributed by atoms with Crippen molar-refractivity contribution < 1.29 is 27.9 Å². The standard InChI is InChI=1S/C27H28F3N3O5/c1-6-26(4,5)21-11-10-18(12-22(21)31-16(3)34)32-14-19(24(36)37)23(35)33(25(32)38)13-17-8-7-9-20(15(17)2)27(28,29)30/h7-12,14H,6,13H2,1-5H3,(H,31,34)(H,36,37). The Bertz CT molecular complexity index is 1530. The molecule has 0 aliphatic carbocycles. The summed E-state index contributed by atoms with van der Waals surface area (Å²) in [5.41, 5.74) is -2.94. The highest BCUT2D eigenvalue weighted by atomic mass is 19.4. The Morgan fingerprint density at radius 3 is 2.26 bits per heavy atom. The van der Waals surface area contributed by atoms with Crippen LogP contribution in [0.3, 0.4) is 0 Å². The van der Waals surface area contributed by atoms with Gasteiger partial charge in [-0.3, -0.25) is 18.7 Å². The van der Waals surface area contributed by atoms with Crippen LogP contribution < -0.4 is 16.6 Å². The molecule has 3 aromatic rings. The molecule has 3 rings (SSSR count). The molecule has 0 saturated heterocycles. The number of hydrogen-bond acceptors (Lipinski definition) is 4. The summed E-state index contributed by atoms with van der Waals surface area (Å²) >= 11 is 0. The lowest BCUT2D eigenvalue weighted by atomic mass is 9.81. The van der Waals surface area contributed by atoms with Crippen molar-refractivity contribution in [1.82, 2.24) is 9.13 Å². The second-order valence-electron chi connectivity index (χ2n) is 9.63. The van der Waals surface area contributed by atoms with Gasteiger partial charge in [-0.05, 0) is 53.6 Å². The van der Waals surface area contributed by atoms with Crippen molar-refractivity contribution in [3.63, 3.8) is 0 Å². The van der Waals surface area contributed by atoms with Gasteiger partial charge in [0.15, 0.2) is 0 Å². The van der Waals surface area contributed by atoms with Crippen LogP contribution in [0.25, 0.3) is 5.69 Å². The average molecular weight is 532 g/mol. The van der Waals surface area contributed by atoms with E-state index in [0.717, 1.165) is 34.9 Å². The van der Waals surface area contributed by atoms with Crippen LogP contribution in [-0.4, -0.2) is 26.1 Å². The molecule has 1 aromatic heterocycles. The number of alkyl halides is 3. The molecule has 0 aliphatic rings. The number of halogens is 3. The number of aromatic carboxylic acids is 1. The van der Waals surface area contributed by atoms with Crippen molar-refractivity contribution >= 4 is 17.6 Å². The first-order valence-electron chi connectivity index (χ1n) is 11.8. The molecule has 1 heterocycles. The van der Waals surface area contributed by atoms with E-state index >= 15 is 0 Å². The number of nitrogens with zero attached hydrogens (tertiary/aromatic N) is 2. The third-order valence-electron chi connectivity index (χ3n) is 6.69. The van der Waals surface area contributed by atoms with Crippen molar-refractivity contribution in [3.05, 3.63) is 91.3 Å². The van der Waals surface area contributed by atoms with E-state index in [9.17, 15) is 37.5 Å². The van der Waals surface area contributed by atoms with Crippen molar-refractivity contribution in [2.75, 3.05) is 5.32 Å². The highest BCUT2D eigenvalue weighted by Gasteiger charge is 2.33. The van der Waals surface area contributed by atoms with E-state index in [1.165, 1.54) is 26.0 Å². The Morgan fingerprint density at radius 1 is 1.05 bits per heavy atom. The largest absolute Gasteiger partial charge is 0.477 e. The molecule has 0 atom stereocenters. The zero-order chi connectivity index (χ0) is 28.6. The third kappa shape index (κ3) is 5.56. The number of carboxylic acids is 1. The summed E-state index contributed by atoms with van der Waals surface area (Å²) in [6.45, 7) is 7.88. The molecule has 1 amide bonds. The van der Waals surface area contributed by atoms with Gasteiger partial charge in [-0.15, -0.1) is 0 Å². The lowest BCUT2D eigenvalue weighted by Crippen LogP contribution is -2.42. The van der Waals surface area contributed by atoms with Crippen LogP contribution in [-0.2, 0) is 22.9 Å². The maximum absolute atomic E-state index is 13.5. The van der Waals surface area contributed by atoms with E-state index < -0.39 is 41.1 Å². The second kappa shape index (κ2) is 10.3. The monoisotopic (exact) mass is 531 g/mol. The van der Waals surface area contributed by atoms with Gasteiger partial charge in [0.05, 0.1) is 17.8 Å². The number of carbonyl (C=O) groups is 2. The molecule has 0 spiro atoms. The van der Waals surface area contributed by atoms with E-state index in [4.69, 9.17) is 0 Å². The van der Waals surface area contributed by atoms with Gasteiger partial charge in [-0.1, -0.05) is 39.0 Å². The molecule has 0 aliphatic heterocycles. The maximum atomic E-state index is 13.5. The number of rotatable bonds is 7. The Labute approximate surface area is 216 Å². The fourth-order valence-corrected chi connectivity index (χ4v) is 4.16. The molecule has 38 heavy (non-hydrogen) atoms. The van der Waals surface area contributed by atoms with Crippen LogP contribution in [0.1, 0.15) is 66.7 Å². The molecule has 8 nitrogen and oxygen atoms in total. The molecule has 0 bridgehead atoms. The predicted molar refractivity (Wildman–Crippen MR) is 136 cm³/mol. The maximum Gasteiger partial charge on any atom is 0.416 e. The topological polar surface area (TPSA) is 110 Å². The molecule has 11 heteroatoms. The van der Waals surface area contributed by atoms with Crippen molar-refractivity contribution in [1.29, 1.82) is 0 Å². The first kappa shape index (κ1) is 28.4. The fraction of sp³-hybridized carbons (Fsp3) is 0.333. The number of amides is 1. The SMILES string of the molecule is CCC(C)(C)c1ccc(-n2cc(C(=O)O)c(=O)n(Cc3cccc(C(F)(F)F)c3C)c2=O)cc1NC(C)=O. The van der Waals surface area contributed by atoms with E-state index in [2.05, 4.69) is 5.32 Å². The quantitative estimate of drug-likeness (QED) is 0.459. The van der Waals surface area contributed by atoms with Gasteiger partial charge in [0.2, 0.25) is 5.91 Å². The average Bonchev–Trinajstić information content (AvgIpc) is 2.81. The predicted octanol–water partition coefficient (Wildman–Crippen LogP) is 4.72. The first-order valence-corrected chi connectivity index (χ1v) is 11.8. The summed E-state index contributed by atoms with van der Waals surface area (Å²) in [6.07, 6.45) is -3.05. The van der Waals surface area contributed by atoms with E-state index in [1.54, 1.807) is 12.1 Å². The first-order chi connectivity index (χ1) is 17.6. The molecular formula is C27H28F3N3O5. The molecule has 0 saturated carbocycles. The second-order valence-corrected chi connectivity index (χ2v) is 9.63. The van der Waals surface area contributed by atoms with Crippen LogP contribution in [0.5, 0.6) is 0 Å². The van der Waals surface area contributed by atoms with Crippen LogP contribution >= 0.6 is 0 Å². The zero-order valence-electron chi connectivity index (χ0n) is 21.6. The van der Waals surface area contributed by atoms with Gasteiger partial charge in [-0.2, -0.15) is 13.2 Å². The van der Waals surface area contributed by atoms with Crippen molar-refractivity contribution in [2.24, 2.45) is 0 Å². The minimum Gasteiger partial charge on any atom is -0.477 e. The number of nitrogens with one attached hydrogen (secondary N) is 1. The zero-order valence-corrected chi connectivity index (χ0v) is 21.6. The molecular weight excluding hydrogens is 503 g/mol. The van der Waals surface area contributed by atoms with Gasteiger partial charge >= 0.3 is 17.8 Å². The van der Waals surface area contributed by atoms with Gasteiger partial charge in [0.25, 0.3) is 5.56 Å². The number of hydrogen-bond donors (Lipinski definition) is 2. The van der Waals surface area contributed by atoms with Gasteiger partial charge in [0.1, 0.15) is 5.56 Å². The smallest absolute Gasteiger partial charge is 0.416 e. The molecule has 0 fully saturated rings. The number of anilines is 1. The molecule has 202 valence electrons.